The van der Waals surface area contributed by atoms with E-state index in [1.807, 2.05) is 0 Å². The number of aryl methyl sites for hydroxylation is 3. The first-order valence-corrected chi connectivity index (χ1v) is 5.40. The van der Waals surface area contributed by atoms with Gasteiger partial charge in [-0.15, -0.1) is 0 Å². The molecule has 0 unspecified atom stereocenters. The molecule has 0 bridgehead atoms. The van der Waals surface area contributed by atoms with Crippen molar-refractivity contribution < 1.29 is 4.74 Å². The van der Waals surface area contributed by atoms with Crippen molar-refractivity contribution in [2.24, 2.45) is 5.73 Å². The molecule has 2 N–H and O–H groups in total. The van der Waals surface area contributed by atoms with Gasteiger partial charge in [-0.3, -0.25) is 0 Å². The molecule has 0 aliphatic heterocycles. The Kier molecular flexibility index (Phi) is 4.09. The van der Waals surface area contributed by atoms with Gasteiger partial charge in [0, 0.05) is 6.42 Å². The lowest BCUT2D eigenvalue weighted by atomic mass is 10.1. The van der Waals surface area contributed by atoms with Crippen LogP contribution in [0.4, 0.5) is 0 Å². The zero-order valence-corrected chi connectivity index (χ0v) is 10.3. The predicted octanol–water partition coefficient (Wildman–Crippen LogP) is 2.67. The Hall–Kier alpha value is -1.09. The lowest BCUT2D eigenvalue weighted by molar-refractivity contribution is 0.325. The minimum absolute atomic E-state index is 0.498. The van der Waals surface area contributed by atoms with Crippen molar-refractivity contribution >= 4 is 17.2 Å². The lowest BCUT2D eigenvalue weighted by Gasteiger charge is -2.12. The summed E-state index contributed by atoms with van der Waals surface area (Å²) in [6.07, 6.45) is 0.627. The van der Waals surface area contributed by atoms with Crippen LogP contribution in [-0.4, -0.2) is 11.6 Å². The number of nitrogens with two attached hydrogens (primary N) is 1. The highest BCUT2D eigenvalue weighted by molar-refractivity contribution is 7.80. The zero-order chi connectivity index (χ0) is 11.4. The second kappa shape index (κ2) is 5.12. The van der Waals surface area contributed by atoms with Gasteiger partial charge in [0.1, 0.15) is 5.75 Å². The van der Waals surface area contributed by atoms with E-state index in [9.17, 15) is 0 Å². The quantitative estimate of drug-likeness (QED) is 0.797. The fraction of sp³-hybridized carbons (Fsp3) is 0.417. The largest absolute Gasteiger partial charge is 0.493 e. The van der Waals surface area contributed by atoms with Crippen LogP contribution in [0.3, 0.4) is 0 Å². The summed E-state index contributed by atoms with van der Waals surface area (Å²) in [5.41, 5.74) is 8.99. The molecule has 0 radical (unpaired) electrons. The molecule has 0 aliphatic rings. The first-order chi connectivity index (χ1) is 7.00. The van der Waals surface area contributed by atoms with Crippen molar-refractivity contribution in [2.45, 2.75) is 27.2 Å². The van der Waals surface area contributed by atoms with E-state index in [0.717, 1.165) is 16.9 Å². The molecule has 0 saturated heterocycles. The van der Waals surface area contributed by atoms with Crippen molar-refractivity contribution in [3.8, 4) is 5.75 Å². The zero-order valence-electron chi connectivity index (χ0n) is 9.46. The molecule has 1 rings (SSSR count). The highest BCUT2D eigenvalue weighted by Crippen LogP contribution is 2.24. The molecule has 1 aromatic rings. The average Bonchev–Trinajstić information content (AvgIpc) is 2.08. The molecule has 0 aromatic heterocycles. The number of thiocarbonyl (C=S) groups is 1. The van der Waals surface area contributed by atoms with Crippen LogP contribution in [-0.2, 0) is 0 Å². The van der Waals surface area contributed by atoms with Crippen molar-refractivity contribution in [3.63, 3.8) is 0 Å². The summed E-state index contributed by atoms with van der Waals surface area (Å²) >= 11 is 4.80. The van der Waals surface area contributed by atoms with E-state index < -0.39 is 0 Å². The molecule has 2 nitrogen and oxygen atoms in total. The summed E-state index contributed by atoms with van der Waals surface area (Å²) in [7, 11) is 0. The molecule has 15 heavy (non-hydrogen) atoms. The van der Waals surface area contributed by atoms with Crippen LogP contribution in [0, 0.1) is 20.8 Å². The van der Waals surface area contributed by atoms with E-state index in [-0.39, 0.29) is 0 Å². The molecule has 0 heterocycles. The maximum atomic E-state index is 5.67. The van der Waals surface area contributed by atoms with Gasteiger partial charge < -0.3 is 10.5 Å². The molecule has 0 aliphatic carbocycles. The van der Waals surface area contributed by atoms with Crippen molar-refractivity contribution in [2.75, 3.05) is 6.61 Å². The first kappa shape index (κ1) is 12.0. The summed E-state index contributed by atoms with van der Waals surface area (Å²) in [4.78, 5) is 0.498. The van der Waals surface area contributed by atoms with Crippen LogP contribution < -0.4 is 10.5 Å². The Bertz CT molecular complexity index is 351. The molecule has 0 amide bonds. The topological polar surface area (TPSA) is 35.2 Å². The van der Waals surface area contributed by atoms with Crippen molar-refractivity contribution in [1.82, 2.24) is 0 Å². The van der Waals surface area contributed by atoms with Crippen LogP contribution in [0.5, 0.6) is 5.75 Å². The smallest absolute Gasteiger partial charge is 0.125 e. The molecule has 0 fully saturated rings. The van der Waals surface area contributed by atoms with Gasteiger partial charge in [0.05, 0.1) is 11.6 Å². The summed E-state index contributed by atoms with van der Waals surface area (Å²) in [6.45, 7) is 6.74. The number of benzene rings is 1. The lowest BCUT2D eigenvalue weighted by Crippen LogP contribution is -2.13. The van der Waals surface area contributed by atoms with Gasteiger partial charge in [0.25, 0.3) is 0 Å². The molecule has 3 heteroatoms. The SMILES string of the molecule is Cc1cc(C)c(OCCC(N)=S)c(C)c1. The van der Waals surface area contributed by atoms with Crippen molar-refractivity contribution in [3.05, 3.63) is 28.8 Å². The highest BCUT2D eigenvalue weighted by Gasteiger charge is 2.04. The van der Waals surface area contributed by atoms with Gasteiger partial charge in [0.15, 0.2) is 0 Å². The van der Waals surface area contributed by atoms with Gasteiger partial charge in [0.2, 0.25) is 0 Å². The van der Waals surface area contributed by atoms with E-state index in [0.29, 0.717) is 18.0 Å². The first-order valence-electron chi connectivity index (χ1n) is 4.99. The minimum atomic E-state index is 0.498. The van der Waals surface area contributed by atoms with Gasteiger partial charge >= 0.3 is 0 Å². The molecule has 0 saturated carbocycles. The van der Waals surface area contributed by atoms with E-state index in [4.69, 9.17) is 22.7 Å². The Balaban J connectivity index is 2.72. The van der Waals surface area contributed by atoms with Crippen LogP contribution in [0.25, 0.3) is 0 Å². The predicted molar refractivity (Wildman–Crippen MR) is 67.6 cm³/mol. The number of rotatable bonds is 4. The summed E-state index contributed by atoms with van der Waals surface area (Å²) in [5.74, 6) is 0.955. The highest BCUT2D eigenvalue weighted by atomic mass is 32.1. The molecular weight excluding hydrogens is 206 g/mol. The maximum absolute atomic E-state index is 5.67. The molecular formula is C12H17NOS. The Morgan fingerprint density at radius 1 is 1.27 bits per heavy atom. The summed E-state index contributed by atoms with van der Waals surface area (Å²) in [5, 5.41) is 0. The van der Waals surface area contributed by atoms with E-state index in [1.54, 1.807) is 0 Å². The molecule has 0 spiro atoms. The minimum Gasteiger partial charge on any atom is -0.493 e. The monoisotopic (exact) mass is 223 g/mol. The second-order valence-corrected chi connectivity index (χ2v) is 4.32. The molecule has 1 aromatic carbocycles. The second-order valence-electron chi connectivity index (χ2n) is 3.79. The number of hydrogen-bond acceptors (Lipinski definition) is 2. The van der Waals surface area contributed by atoms with E-state index in [2.05, 4.69) is 32.9 Å². The van der Waals surface area contributed by atoms with Gasteiger partial charge in [-0.1, -0.05) is 29.9 Å². The number of ether oxygens (including phenoxy) is 1. The van der Waals surface area contributed by atoms with Crippen LogP contribution in [0.15, 0.2) is 12.1 Å². The van der Waals surface area contributed by atoms with Crippen LogP contribution in [0.2, 0.25) is 0 Å². The Labute approximate surface area is 96.4 Å². The van der Waals surface area contributed by atoms with Gasteiger partial charge in [-0.25, -0.2) is 0 Å². The van der Waals surface area contributed by atoms with Crippen LogP contribution in [0.1, 0.15) is 23.1 Å². The van der Waals surface area contributed by atoms with Gasteiger partial charge in [-0.05, 0) is 31.9 Å². The third-order valence-corrected chi connectivity index (χ3v) is 2.40. The van der Waals surface area contributed by atoms with Crippen molar-refractivity contribution in [1.29, 1.82) is 0 Å². The number of hydrogen-bond donors (Lipinski definition) is 1. The molecule has 0 atom stereocenters. The third-order valence-electron chi connectivity index (χ3n) is 2.20. The molecule has 82 valence electrons. The fourth-order valence-corrected chi connectivity index (χ4v) is 1.73. The Morgan fingerprint density at radius 2 is 1.80 bits per heavy atom. The van der Waals surface area contributed by atoms with E-state index in [1.165, 1.54) is 5.56 Å². The third kappa shape index (κ3) is 3.51. The fourth-order valence-electron chi connectivity index (χ4n) is 1.65. The summed E-state index contributed by atoms with van der Waals surface area (Å²) in [6, 6.07) is 4.23. The van der Waals surface area contributed by atoms with Gasteiger partial charge in [-0.2, -0.15) is 0 Å². The van der Waals surface area contributed by atoms with E-state index >= 15 is 0 Å². The maximum Gasteiger partial charge on any atom is 0.125 e. The standard InChI is InChI=1S/C12H17NOS/c1-8-6-9(2)12(10(3)7-8)14-5-4-11(13)15/h6-7H,4-5H2,1-3H3,(H2,13,15). The normalized spacial score (nSPS) is 10.1. The van der Waals surface area contributed by atoms with Crippen LogP contribution >= 0.6 is 12.2 Å². The summed E-state index contributed by atoms with van der Waals surface area (Å²) < 4.78 is 5.67. The average molecular weight is 223 g/mol. The Morgan fingerprint density at radius 3 is 2.27 bits per heavy atom.